The molecular formula is C17H19N3. The Labute approximate surface area is 120 Å². The van der Waals surface area contributed by atoms with Crippen LogP contribution in [0.3, 0.4) is 0 Å². The Balaban J connectivity index is 2.50. The molecular weight excluding hydrogens is 246 g/mol. The van der Waals surface area contributed by atoms with Crippen molar-refractivity contribution in [2.24, 2.45) is 0 Å². The lowest BCUT2D eigenvalue weighted by Crippen LogP contribution is -2.31. The van der Waals surface area contributed by atoms with Crippen LogP contribution in [0.2, 0.25) is 0 Å². The lowest BCUT2D eigenvalue weighted by atomic mass is 9.75. The summed E-state index contributed by atoms with van der Waals surface area (Å²) in [7, 11) is 4.04. The number of nitrogens with zero attached hydrogens (tertiary/aromatic N) is 3. The summed E-state index contributed by atoms with van der Waals surface area (Å²) in [6.07, 6.45) is 2.47. The van der Waals surface area contributed by atoms with Gasteiger partial charge >= 0.3 is 0 Å². The van der Waals surface area contributed by atoms with Gasteiger partial charge in [0.1, 0.15) is 5.41 Å². The van der Waals surface area contributed by atoms with Gasteiger partial charge in [-0.3, -0.25) is 4.98 Å². The second kappa shape index (κ2) is 6.31. The molecule has 1 aromatic heterocycles. The normalized spacial score (nSPS) is 13.7. The summed E-state index contributed by atoms with van der Waals surface area (Å²) in [5.41, 5.74) is 1.13. The first-order valence-corrected chi connectivity index (χ1v) is 6.72. The van der Waals surface area contributed by atoms with E-state index in [4.69, 9.17) is 0 Å². The minimum Gasteiger partial charge on any atom is -0.309 e. The fourth-order valence-corrected chi connectivity index (χ4v) is 2.33. The van der Waals surface area contributed by atoms with Gasteiger partial charge in [-0.15, -0.1) is 0 Å². The summed E-state index contributed by atoms with van der Waals surface area (Å²) >= 11 is 0. The summed E-state index contributed by atoms with van der Waals surface area (Å²) in [5.74, 6) is 0. The highest BCUT2D eigenvalue weighted by Gasteiger charge is 2.35. The van der Waals surface area contributed by atoms with E-state index in [0.29, 0.717) is 0 Å². The second-order valence-electron chi connectivity index (χ2n) is 5.15. The van der Waals surface area contributed by atoms with Gasteiger partial charge in [0.25, 0.3) is 0 Å². The van der Waals surface area contributed by atoms with Gasteiger partial charge in [-0.2, -0.15) is 5.26 Å². The third kappa shape index (κ3) is 2.87. The maximum Gasteiger partial charge on any atom is 0.125 e. The Morgan fingerprint density at radius 1 is 1.10 bits per heavy atom. The SMILES string of the molecule is CN(C)CCC(C#N)(c1ccccc1)c1ccccn1. The largest absolute Gasteiger partial charge is 0.309 e. The Hall–Kier alpha value is -2.18. The highest BCUT2D eigenvalue weighted by Crippen LogP contribution is 2.33. The van der Waals surface area contributed by atoms with Gasteiger partial charge in [0, 0.05) is 6.20 Å². The fourth-order valence-electron chi connectivity index (χ4n) is 2.33. The van der Waals surface area contributed by atoms with Crippen LogP contribution < -0.4 is 0 Å². The van der Waals surface area contributed by atoms with E-state index in [0.717, 1.165) is 24.2 Å². The van der Waals surface area contributed by atoms with Crippen molar-refractivity contribution in [1.29, 1.82) is 5.26 Å². The van der Waals surface area contributed by atoms with Gasteiger partial charge in [0.05, 0.1) is 11.8 Å². The number of nitriles is 1. The third-order valence-electron chi connectivity index (χ3n) is 3.49. The van der Waals surface area contributed by atoms with Crippen LogP contribution in [0.5, 0.6) is 0 Å². The zero-order chi connectivity index (χ0) is 14.4. The van der Waals surface area contributed by atoms with Crippen LogP contribution >= 0.6 is 0 Å². The molecule has 3 heteroatoms. The molecule has 0 aliphatic rings. The number of hydrogen-bond donors (Lipinski definition) is 0. The van der Waals surface area contributed by atoms with Gasteiger partial charge in [-0.25, -0.2) is 0 Å². The average Bonchev–Trinajstić information content (AvgIpc) is 2.50. The molecule has 0 aliphatic carbocycles. The molecule has 0 radical (unpaired) electrons. The van der Waals surface area contributed by atoms with E-state index in [-0.39, 0.29) is 0 Å². The van der Waals surface area contributed by atoms with E-state index in [1.54, 1.807) is 6.20 Å². The van der Waals surface area contributed by atoms with Gasteiger partial charge in [-0.1, -0.05) is 36.4 Å². The van der Waals surface area contributed by atoms with E-state index in [9.17, 15) is 5.26 Å². The van der Waals surface area contributed by atoms with Gasteiger partial charge in [0.15, 0.2) is 0 Å². The predicted molar refractivity (Wildman–Crippen MR) is 80.2 cm³/mol. The highest BCUT2D eigenvalue weighted by molar-refractivity contribution is 5.42. The second-order valence-corrected chi connectivity index (χ2v) is 5.15. The van der Waals surface area contributed by atoms with Crippen LogP contribution in [-0.4, -0.2) is 30.5 Å². The molecule has 0 saturated carbocycles. The summed E-state index contributed by atoms with van der Waals surface area (Å²) in [4.78, 5) is 6.53. The fraction of sp³-hybridized carbons (Fsp3) is 0.294. The number of aromatic nitrogens is 1. The van der Waals surface area contributed by atoms with Gasteiger partial charge in [-0.05, 0) is 44.8 Å². The summed E-state index contributed by atoms with van der Waals surface area (Å²) < 4.78 is 0. The monoisotopic (exact) mass is 265 g/mol. The van der Waals surface area contributed by atoms with E-state index in [2.05, 4.69) is 16.0 Å². The quantitative estimate of drug-likeness (QED) is 0.834. The third-order valence-corrected chi connectivity index (χ3v) is 3.49. The molecule has 1 atom stereocenters. The number of benzene rings is 1. The van der Waals surface area contributed by atoms with Crippen LogP contribution in [0.1, 0.15) is 17.7 Å². The molecule has 0 fully saturated rings. The Kier molecular flexibility index (Phi) is 4.49. The zero-order valence-corrected chi connectivity index (χ0v) is 12.0. The molecule has 1 unspecified atom stereocenters. The topological polar surface area (TPSA) is 39.9 Å². The van der Waals surface area contributed by atoms with Crippen LogP contribution in [0.4, 0.5) is 0 Å². The van der Waals surface area contributed by atoms with E-state index < -0.39 is 5.41 Å². The van der Waals surface area contributed by atoms with Crippen LogP contribution in [0.15, 0.2) is 54.7 Å². The van der Waals surface area contributed by atoms with E-state index in [1.807, 2.05) is 62.6 Å². The predicted octanol–water partition coefficient (Wildman–Crippen LogP) is 2.84. The molecule has 3 nitrogen and oxygen atoms in total. The average molecular weight is 265 g/mol. The molecule has 2 aromatic rings. The van der Waals surface area contributed by atoms with Crippen molar-refractivity contribution in [1.82, 2.24) is 9.88 Å². The molecule has 1 aromatic carbocycles. The first-order valence-electron chi connectivity index (χ1n) is 6.72. The smallest absolute Gasteiger partial charge is 0.125 e. The maximum absolute atomic E-state index is 9.89. The standard InChI is InChI=1S/C17H19N3/c1-20(2)13-11-17(14-18,15-8-4-3-5-9-15)16-10-6-7-12-19-16/h3-10,12H,11,13H2,1-2H3. The Bertz CT molecular complexity index is 531. The van der Waals surface area contributed by atoms with Crippen molar-refractivity contribution in [2.45, 2.75) is 11.8 Å². The lowest BCUT2D eigenvalue weighted by Gasteiger charge is -2.28. The van der Waals surface area contributed by atoms with E-state index >= 15 is 0 Å². The Morgan fingerprint density at radius 3 is 2.35 bits per heavy atom. The minimum absolute atomic E-state index is 0.688. The van der Waals surface area contributed by atoms with Crippen LogP contribution in [0.25, 0.3) is 0 Å². The zero-order valence-electron chi connectivity index (χ0n) is 12.0. The van der Waals surface area contributed by atoms with Gasteiger partial charge < -0.3 is 4.90 Å². The number of hydrogen-bond acceptors (Lipinski definition) is 3. The molecule has 0 N–H and O–H groups in total. The molecule has 0 saturated heterocycles. The molecule has 1 heterocycles. The Morgan fingerprint density at radius 2 is 1.80 bits per heavy atom. The maximum atomic E-state index is 9.89. The minimum atomic E-state index is -0.688. The summed E-state index contributed by atoms with van der Waals surface area (Å²) in [6, 6.07) is 18.2. The first kappa shape index (κ1) is 14.2. The van der Waals surface area contributed by atoms with Crippen molar-refractivity contribution in [3.8, 4) is 6.07 Å². The first-order chi connectivity index (χ1) is 9.69. The van der Waals surface area contributed by atoms with Crippen molar-refractivity contribution < 1.29 is 0 Å². The lowest BCUT2D eigenvalue weighted by molar-refractivity contribution is 0.369. The van der Waals surface area contributed by atoms with Crippen LogP contribution in [0, 0.1) is 11.3 Å². The number of rotatable bonds is 5. The van der Waals surface area contributed by atoms with Crippen molar-refractivity contribution in [3.05, 3.63) is 66.0 Å². The molecule has 0 amide bonds. The molecule has 0 spiro atoms. The molecule has 20 heavy (non-hydrogen) atoms. The molecule has 0 aliphatic heterocycles. The molecule has 102 valence electrons. The van der Waals surface area contributed by atoms with E-state index in [1.165, 1.54) is 0 Å². The summed E-state index contributed by atoms with van der Waals surface area (Å²) in [5, 5.41) is 9.89. The number of pyridine rings is 1. The van der Waals surface area contributed by atoms with Crippen molar-refractivity contribution in [3.63, 3.8) is 0 Å². The summed E-state index contributed by atoms with van der Waals surface area (Å²) in [6.45, 7) is 0.832. The van der Waals surface area contributed by atoms with Gasteiger partial charge in [0.2, 0.25) is 0 Å². The molecule has 0 bridgehead atoms. The van der Waals surface area contributed by atoms with Crippen LogP contribution in [-0.2, 0) is 5.41 Å². The van der Waals surface area contributed by atoms with Crippen molar-refractivity contribution in [2.75, 3.05) is 20.6 Å². The molecule has 2 rings (SSSR count). The highest BCUT2D eigenvalue weighted by atomic mass is 15.0. The van der Waals surface area contributed by atoms with Crippen molar-refractivity contribution >= 4 is 0 Å².